The van der Waals surface area contributed by atoms with Gasteiger partial charge in [-0.3, -0.25) is 0 Å². The monoisotopic (exact) mass is 357 g/mol. The molecule has 0 aliphatic rings. The van der Waals surface area contributed by atoms with Crippen molar-refractivity contribution in [2.24, 2.45) is 0 Å². The third-order valence-electron chi connectivity index (χ3n) is 3.65. The van der Waals surface area contributed by atoms with Gasteiger partial charge in [0.2, 0.25) is 10.0 Å². The SMILES string of the molecule is Cc1ccc(/C=C/S(=O)(=O)NCCCc2cnc3ncnn3c2)cc1. The van der Waals surface area contributed by atoms with Gasteiger partial charge < -0.3 is 0 Å². The molecule has 0 bridgehead atoms. The van der Waals surface area contributed by atoms with E-state index in [-0.39, 0.29) is 0 Å². The van der Waals surface area contributed by atoms with Crippen molar-refractivity contribution < 1.29 is 8.42 Å². The van der Waals surface area contributed by atoms with E-state index in [1.807, 2.05) is 37.4 Å². The highest BCUT2D eigenvalue weighted by Gasteiger charge is 2.05. The molecule has 25 heavy (non-hydrogen) atoms. The Labute approximate surface area is 146 Å². The summed E-state index contributed by atoms with van der Waals surface area (Å²) >= 11 is 0. The van der Waals surface area contributed by atoms with Crippen LogP contribution in [0.15, 0.2) is 48.4 Å². The third kappa shape index (κ3) is 4.94. The van der Waals surface area contributed by atoms with E-state index >= 15 is 0 Å². The standard InChI is InChI=1S/C17H19N5O2S/c1-14-4-6-15(7-5-14)8-10-25(23,24)21-9-2-3-16-11-18-17-19-13-20-22(17)12-16/h4-8,10-13,21H,2-3,9H2,1H3/b10-8+. The molecule has 0 saturated carbocycles. The number of nitrogens with zero attached hydrogens (tertiary/aromatic N) is 4. The largest absolute Gasteiger partial charge is 0.252 e. The van der Waals surface area contributed by atoms with Crippen LogP contribution in [0.5, 0.6) is 0 Å². The lowest BCUT2D eigenvalue weighted by Gasteiger charge is -2.04. The van der Waals surface area contributed by atoms with Gasteiger partial charge in [0.05, 0.1) is 0 Å². The van der Waals surface area contributed by atoms with Gasteiger partial charge in [0.25, 0.3) is 5.78 Å². The Balaban J connectivity index is 1.49. The topological polar surface area (TPSA) is 89.2 Å². The van der Waals surface area contributed by atoms with E-state index in [1.54, 1.807) is 16.8 Å². The predicted octanol–water partition coefficient (Wildman–Crippen LogP) is 1.96. The zero-order valence-electron chi connectivity index (χ0n) is 13.8. The summed E-state index contributed by atoms with van der Waals surface area (Å²) in [6, 6.07) is 7.66. The first-order chi connectivity index (χ1) is 12.0. The fourth-order valence-electron chi connectivity index (χ4n) is 2.29. The molecule has 0 radical (unpaired) electrons. The maximum Gasteiger partial charge on any atom is 0.252 e. The minimum atomic E-state index is -3.44. The van der Waals surface area contributed by atoms with E-state index in [1.165, 1.54) is 11.7 Å². The van der Waals surface area contributed by atoms with E-state index in [0.29, 0.717) is 25.2 Å². The Bertz CT molecular complexity index is 978. The molecular formula is C17H19N5O2S. The Kier molecular flexibility index (Phi) is 5.20. The van der Waals surface area contributed by atoms with Crippen LogP contribution in [0.1, 0.15) is 23.1 Å². The first-order valence-corrected chi connectivity index (χ1v) is 9.45. The molecule has 1 aromatic carbocycles. The molecule has 0 aliphatic carbocycles. The molecule has 0 aliphatic heterocycles. The molecule has 1 N–H and O–H groups in total. The highest BCUT2D eigenvalue weighted by molar-refractivity contribution is 7.92. The lowest BCUT2D eigenvalue weighted by Crippen LogP contribution is -2.22. The number of sulfonamides is 1. The number of benzene rings is 1. The zero-order chi connectivity index (χ0) is 17.7. The first-order valence-electron chi connectivity index (χ1n) is 7.90. The molecule has 0 amide bonds. The van der Waals surface area contributed by atoms with Crippen LogP contribution < -0.4 is 4.72 Å². The Morgan fingerprint density at radius 1 is 1.20 bits per heavy atom. The zero-order valence-corrected chi connectivity index (χ0v) is 14.6. The molecule has 0 fully saturated rings. The van der Waals surface area contributed by atoms with Gasteiger partial charge in [-0.25, -0.2) is 22.6 Å². The van der Waals surface area contributed by atoms with Crippen LogP contribution in [0, 0.1) is 6.92 Å². The smallest absolute Gasteiger partial charge is 0.219 e. The van der Waals surface area contributed by atoms with Crippen molar-refractivity contribution >= 4 is 21.9 Å². The number of nitrogens with one attached hydrogen (secondary N) is 1. The number of aromatic nitrogens is 4. The van der Waals surface area contributed by atoms with Crippen molar-refractivity contribution in [1.82, 2.24) is 24.3 Å². The van der Waals surface area contributed by atoms with E-state index in [9.17, 15) is 8.42 Å². The Hall–Kier alpha value is -2.58. The van der Waals surface area contributed by atoms with Crippen molar-refractivity contribution in [2.45, 2.75) is 19.8 Å². The molecule has 8 heteroatoms. The Morgan fingerprint density at radius 2 is 2.00 bits per heavy atom. The second-order valence-corrected chi connectivity index (χ2v) is 7.37. The van der Waals surface area contributed by atoms with Crippen LogP contribution in [-0.4, -0.2) is 34.5 Å². The molecule has 0 spiro atoms. The molecule has 0 unspecified atom stereocenters. The molecular weight excluding hydrogens is 338 g/mol. The molecule has 3 aromatic rings. The minimum absolute atomic E-state index is 0.357. The van der Waals surface area contributed by atoms with Crippen LogP contribution in [-0.2, 0) is 16.4 Å². The van der Waals surface area contributed by atoms with Gasteiger partial charge in [-0.15, -0.1) is 0 Å². The average Bonchev–Trinajstić information content (AvgIpc) is 3.06. The van der Waals surface area contributed by atoms with Crippen molar-refractivity contribution in [3.63, 3.8) is 0 Å². The molecule has 2 heterocycles. The summed E-state index contributed by atoms with van der Waals surface area (Å²) in [6.45, 7) is 2.35. The van der Waals surface area contributed by atoms with Crippen LogP contribution in [0.3, 0.4) is 0 Å². The van der Waals surface area contributed by atoms with Crippen LogP contribution in [0.2, 0.25) is 0 Å². The second kappa shape index (κ2) is 7.54. The predicted molar refractivity (Wildman–Crippen MR) is 96.2 cm³/mol. The van der Waals surface area contributed by atoms with Crippen LogP contribution in [0.4, 0.5) is 0 Å². The van der Waals surface area contributed by atoms with Gasteiger partial charge in [0.1, 0.15) is 6.33 Å². The fourth-order valence-corrected chi connectivity index (χ4v) is 3.15. The molecule has 0 saturated heterocycles. The lowest BCUT2D eigenvalue weighted by atomic mass is 10.2. The molecule has 3 rings (SSSR count). The minimum Gasteiger partial charge on any atom is -0.219 e. The summed E-state index contributed by atoms with van der Waals surface area (Å²) < 4.78 is 28.2. The maximum atomic E-state index is 12.0. The highest BCUT2D eigenvalue weighted by atomic mass is 32.2. The van der Waals surface area contributed by atoms with Gasteiger partial charge in [0.15, 0.2) is 0 Å². The van der Waals surface area contributed by atoms with Crippen molar-refractivity contribution in [3.8, 4) is 0 Å². The molecule has 0 atom stereocenters. The number of hydrogen-bond acceptors (Lipinski definition) is 5. The summed E-state index contributed by atoms with van der Waals surface area (Å²) in [6.07, 6.45) is 7.98. The maximum absolute atomic E-state index is 12.0. The lowest BCUT2D eigenvalue weighted by molar-refractivity contribution is 0.588. The van der Waals surface area contributed by atoms with Gasteiger partial charge >= 0.3 is 0 Å². The average molecular weight is 357 g/mol. The van der Waals surface area contributed by atoms with Crippen LogP contribution >= 0.6 is 0 Å². The van der Waals surface area contributed by atoms with Crippen molar-refractivity contribution in [2.75, 3.05) is 6.54 Å². The number of fused-ring (bicyclic) bond motifs is 1. The van der Waals surface area contributed by atoms with Gasteiger partial charge in [-0.05, 0) is 37.0 Å². The normalized spacial score (nSPS) is 12.2. The summed E-state index contributed by atoms with van der Waals surface area (Å²) in [5.41, 5.74) is 2.97. The van der Waals surface area contributed by atoms with E-state index in [0.717, 1.165) is 16.7 Å². The third-order valence-corrected chi connectivity index (χ3v) is 4.75. The number of hydrogen-bond donors (Lipinski definition) is 1. The summed E-state index contributed by atoms with van der Waals surface area (Å²) in [4.78, 5) is 8.16. The number of rotatable bonds is 7. The molecule has 2 aromatic heterocycles. The Morgan fingerprint density at radius 3 is 2.80 bits per heavy atom. The van der Waals surface area contributed by atoms with E-state index < -0.39 is 10.0 Å². The van der Waals surface area contributed by atoms with Gasteiger partial charge in [-0.1, -0.05) is 29.8 Å². The summed E-state index contributed by atoms with van der Waals surface area (Å²) in [7, 11) is -3.44. The summed E-state index contributed by atoms with van der Waals surface area (Å²) in [5.74, 6) is 0.547. The number of aryl methyl sites for hydroxylation is 2. The van der Waals surface area contributed by atoms with Crippen molar-refractivity contribution in [1.29, 1.82) is 0 Å². The first kappa shape index (κ1) is 17.2. The highest BCUT2D eigenvalue weighted by Crippen LogP contribution is 2.06. The van der Waals surface area contributed by atoms with E-state index in [2.05, 4.69) is 19.8 Å². The molecule has 7 nitrogen and oxygen atoms in total. The summed E-state index contributed by atoms with van der Waals surface area (Å²) in [5, 5.41) is 5.22. The van der Waals surface area contributed by atoms with Gasteiger partial charge in [-0.2, -0.15) is 10.1 Å². The quantitative estimate of drug-likeness (QED) is 0.653. The second-order valence-electron chi connectivity index (χ2n) is 5.72. The van der Waals surface area contributed by atoms with Crippen LogP contribution in [0.25, 0.3) is 11.9 Å². The fraction of sp³-hybridized carbons (Fsp3) is 0.235. The molecule has 130 valence electrons. The van der Waals surface area contributed by atoms with Gasteiger partial charge in [0, 0.05) is 24.3 Å². The van der Waals surface area contributed by atoms with Crippen molar-refractivity contribution in [3.05, 3.63) is 65.1 Å². The van der Waals surface area contributed by atoms with E-state index in [4.69, 9.17) is 0 Å².